The first-order chi connectivity index (χ1) is 20.6. The summed E-state index contributed by atoms with van der Waals surface area (Å²) in [5.41, 5.74) is 2.58. The molecule has 0 aliphatic carbocycles. The summed E-state index contributed by atoms with van der Waals surface area (Å²) < 4.78 is 17.1. The molecule has 4 aromatic rings. The highest BCUT2D eigenvalue weighted by atomic mass is 32.1. The van der Waals surface area contributed by atoms with Gasteiger partial charge in [-0.1, -0.05) is 20.8 Å². The van der Waals surface area contributed by atoms with Crippen molar-refractivity contribution in [1.82, 2.24) is 30.2 Å². The summed E-state index contributed by atoms with van der Waals surface area (Å²) in [4.78, 5) is 31.0. The monoisotopic (exact) mass is 612 g/mol. The lowest BCUT2D eigenvalue weighted by atomic mass is 10.2. The highest BCUT2D eigenvalue weighted by molar-refractivity contribution is 7.13. The van der Waals surface area contributed by atoms with E-state index in [1.54, 1.807) is 12.3 Å². The minimum absolute atomic E-state index is 0. The number of rotatable bonds is 19. The number of unbranched alkanes of at least 4 members (excludes halogenated alkanes) is 1. The number of anilines is 3. The maximum Gasteiger partial charge on any atom is 0.344 e. The van der Waals surface area contributed by atoms with E-state index < -0.39 is 5.97 Å². The lowest BCUT2D eigenvalue weighted by Crippen LogP contribution is -2.22. The van der Waals surface area contributed by atoms with Gasteiger partial charge in [-0.25, -0.2) is 19.7 Å². The number of nitrogens with one attached hydrogen (secondary N) is 4. The van der Waals surface area contributed by atoms with E-state index in [4.69, 9.17) is 14.2 Å². The number of esters is 1. The van der Waals surface area contributed by atoms with Crippen molar-refractivity contribution in [3.63, 3.8) is 0 Å². The first kappa shape index (κ1) is 33.6. The quantitative estimate of drug-likeness (QED) is 0.0836. The Morgan fingerprint density at radius 2 is 1.98 bits per heavy atom. The van der Waals surface area contributed by atoms with Gasteiger partial charge in [-0.15, -0.1) is 11.3 Å². The molecule has 0 amide bonds. The van der Waals surface area contributed by atoms with Crippen molar-refractivity contribution in [2.45, 2.75) is 40.2 Å². The fourth-order valence-electron chi connectivity index (χ4n) is 4.23. The highest BCUT2D eigenvalue weighted by Gasteiger charge is 2.15. The van der Waals surface area contributed by atoms with Crippen molar-refractivity contribution in [3.8, 4) is 11.5 Å². The van der Waals surface area contributed by atoms with Crippen molar-refractivity contribution < 1.29 is 19.0 Å². The molecule has 234 valence electrons. The first-order valence-electron chi connectivity index (χ1n) is 14.2. The summed E-state index contributed by atoms with van der Waals surface area (Å²) in [6.45, 7) is 5.82. The number of nitrogens with zero attached hydrogens (tertiary/aromatic N) is 4. The lowest BCUT2D eigenvalue weighted by molar-refractivity contribution is -0.146. The van der Waals surface area contributed by atoms with E-state index in [9.17, 15) is 4.79 Å². The summed E-state index contributed by atoms with van der Waals surface area (Å²) in [6.07, 6.45) is 8.07. The van der Waals surface area contributed by atoms with Crippen LogP contribution in [0.1, 0.15) is 39.2 Å². The number of aromatic amines is 1. The van der Waals surface area contributed by atoms with Crippen LogP contribution in [0, 0.1) is 0 Å². The average molecular weight is 613 g/mol. The van der Waals surface area contributed by atoms with Gasteiger partial charge >= 0.3 is 5.97 Å². The van der Waals surface area contributed by atoms with Crippen molar-refractivity contribution in [2.24, 2.45) is 0 Å². The molecule has 0 aliphatic heterocycles. The van der Waals surface area contributed by atoms with E-state index in [1.807, 2.05) is 37.7 Å². The van der Waals surface area contributed by atoms with Crippen molar-refractivity contribution >= 4 is 45.0 Å². The van der Waals surface area contributed by atoms with Crippen LogP contribution in [-0.2, 0) is 16.1 Å². The number of carbonyl (C=O) groups excluding carboxylic acids is 1. The number of fused-ring (bicyclic) bond motifs is 1. The maximum absolute atomic E-state index is 12.2. The zero-order valence-electron chi connectivity index (χ0n) is 24.4. The van der Waals surface area contributed by atoms with Crippen LogP contribution in [0.15, 0.2) is 42.3 Å². The predicted octanol–water partition coefficient (Wildman–Crippen LogP) is 5.05. The molecule has 12 nitrogen and oxygen atoms in total. The molecular weight excluding hydrogens is 568 g/mol. The number of benzene rings is 1. The van der Waals surface area contributed by atoms with Gasteiger partial charge < -0.3 is 40.0 Å². The molecule has 0 radical (unpaired) electrons. The van der Waals surface area contributed by atoms with Crippen molar-refractivity contribution in [2.75, 3.05) is 64.2 Å². The summed E-state index contributed by atoms with van der Waals surface area (Å²) in [6, 6.07) is 5.50. The van der Waals surface area contributed by atoms with Crippen molar-refractivity contribution in [3.05, 3.63) is 47.9 Å². The number of carbonyl (C=O) groups is 1. The second-order valence-corrected chi connectivity index (χ2v) is 10.6. The Morgan fingerprint density at radius 3 is 2.77 bits per heavy atom. The standard InChI is InChI=1S/C29H40N8O4S.CH4/c1-4-5-13-40-25(38)19-41-24-16-22(7-8-23(24)39-14-10-31-29-32-11-15-42-29)36-28-26-21(17-33-27(26)34-20-35-28)18-37(3)12-6-9-30-2;/h7-8,11,15-17,20,30H,4-6,9-10,12-14,18-19H2,1-3H3,(H,31,32)(H2,33,34,35,36);1H4. The number of aromatic nitrogens is 4. The van der Waals surface area contributed by atoms with Gasteiger partial charge in [-0.05, 0) is 57.7 Å². The Bertz CT molecular complexity index is 1380. The Morgan fingerprint density at radius 1 is 1.09 bits per heavy atom. The topological polar surface area (TPSA) is 139 Å². The van der Waals surface area contributed by atoms with Crippen LogP contribution in [0.4, 0.5) is 16.6 Å². The lowest BCUT2D eigenvalue weighted by Gasteiger charge is -2.17. The summed E-state index contributed by atoms with van der Waals surface area (Å²) in [7, 11) is 4.07. The molecule has 13 heteroatoms. The first-order valence-corrected chi connectivity index (χ1v) is 15.0. The van der Waals surface area contributed by atoms with E-state index in [-0.39, 0.29) is 14.0 Å². The Labute approximate surface area is 257 Å². The minimum atomic E-state index is -0.425. The second-order valence-electron chi connectivity index (χ2n) is 9.72. The predicted molar refractivity (Wildman–Crippen MR) is 173 cm³/mol. The normalized spacial score (nSPS) is 10.9. The second kappa shape index (κ2) is 17.9. The highest BCUT2D eigenvalue weighted by Crippen LogP contribution is 2.33. The van der Waals surface area contributed by atoms with Crippen LogP contribution in [0.3, 0.4) is 0 Å². The third-order valence-electron chi connectivity index (χ3n) is 6.34. The molecule has 0 atom stereocenters. The van der Waals surface area contributed by atoms with Crippen LogP contribution in [-0.4, -0.2) is 84.4 Å². The maximum atomic E-state index is 12.2. The fourth-order valence-corrected chi connectivity index (χ4v) is 4.79. The number of hydrogen-bond acceptors (Lipinski definition) is 12. The third kappa shape index (κ3) is 10.4. The van der Waals surface area contributed by atoms with Gasteiger partial charge in [0.2, 0.25) is 0 Å². The number of ether oxygens (including phenoxy) is 3. The Balaban J connectivity index is 0.00000506. The summed E-state index contributed by atoms with van der Waals surface area (Å²) >= 11 is 1.52. The van der Waals surface area contributed by atoms with Gasteiger partial charge in [0.25, 0.3) is 0 Å². The number of H-pyrrole nitrogens is 1. The van der Waals surface area contributed by atoms with Crippen LogP contribution in [0.25, 0.3) is 11.0 Å². The molecule has 0 aliphatic rings. The van der Waals surface area contributed by atoms with E-state index in [1.165, 1.54) is 17.7 Å². The molecule has 0 fully saturated rings. The van der Waals surface area contributed by atoms with Crippen LogP contribution in [0.5, 0.6) is 11.5 Å². The summed E-state index contributed by atoms with van der Waals surface area (Å²) in [5.74, 6) is 1.18. The van der Waals surface area contributed by atoms with Gasteiger partial charge in [-0.2, -0.15) is 0 Å². The molecular formula is C30H44N8O4S. The molecule has 0 saturated carbocycles. The van der Waals surface area contributed by atoms with Gasteiger partial charge in [-0.3, -0.25) is 0 Å². The van der Waals surface area contributed by atoms with Gasteiger partial charge in [0.05, 0.1) is 18.5 Å². The van der Waals surface area contributed by atoms with E-state index >= 15 is 0 Å². The van der Waals surface area contributed by atoms with Crippen LogP contribution >= 0.6 is 11.3 Å². The largest absolute Gasteiger partial charge is 0.488 e. The molecule has 4 N–H and O–H groups in total. The fraction of sp³-hybridized carbons (Fsp3) is 0.467. The van der Waals surface area contributed by atoms with E-state index in [2.05, 4.69) is 47.8 Å². The third-order valence-corrected chi connectivity index (χ3v) is 7.07. The molecule has 1 aromatic carbocycles. The van der Waals surface area contributed by atoms with E-state index in [0.29, 0.717) is 37.1 Å². The van der Waals surface area contributed by atoms with Crippen molar-refractivity contribution in [1.29, 1.82) is 0 Å². The molecule has 0 unspecified atom stereocenters. The van der Waals surface area contributed by atoms with E-state index in [0.717, 1.165) is 66.3 Å². The molecule has 3 heterocycles. The van der Waals surface area contributed by atoms with Gasteiger partial charge in [0, 0.05) is 36.1 Å². The average Bonchev–Trinajstić information content (AvgIpc) is 3.66. The van der Waals surface area contributed by atoms with Crippen LogP contribution < -0.4 is 25.4 Å². The SMILES string of the molecule is C.CCCCOC(=O)COc1cc(Nc2ncnc3[nH]cc(CN(C)CCCNC)c23)ccc1OCCNc1nccs1. The van der Waals surface area contributed by atoms with Gasteiger partial charge in [0.1, 0.15) is 24.4 Å². The smallest absolute Gasteiger partial charge is 0.344 e. The molecule has 43 heavy (non-hydrogen) atoms. The summed E-state index contributed by atoms with van der Waals surface area (Å²) in [5, 5.41) is 13.5. The molecule has 0 saturated heterocycles. The van der Waals surface area contributed by atoms with Crippen LogP contribution in [0.2, 0.25) is 0 Å². The molecule has 4 rings (SSSR count). The zero-order chi connectivity index (χ0) is 29.6. The Kier molecular flexibility index (Phi) is 14.0. The molecule has 3 aromatic heterocycles. The van der Waals surface area contributed by atoms with Gasteiger partial charge in [0.15, 0.2) is 23.2 Å². The Hall–Kier alpha value is -3.94. The number of hydrogen-bond donors (Lipinski definition) is 4. The zero-order valence-corrected chi connectivity index (χ0v) is 25.3. The molecule has 0 bridgehead atoms. The minimum Gasteiger partial charge on any atom is -0.488 e. The number of thiazole rings is 1. The molecule has 0 spiro atoms.